The normalized spacial score (nSPS) is 23.1. The largest absolute Gasteiger partial charge is 0.310 e. The Morgan fingerprint density at radius 3 is 1.60 bits per heavy atom. The molecule has 8 aromatic carbocycles. The minimum absolute atomic E-state index is 0.00357. The second-order valence-corrected chi connectivity index (χ2v) is 22.4. The average molecular weight is 868 g/mol. The quantitative estimate of drug-likeness (QED) is 0.147. The van der Waals surface area contributed by atoms with Crippen LogP contribution >= 0.6 is 0 Å². The van der Waals surface area contributed by atoms with Crippen LogP contribution in [0, 0.1) is 17.8 Å². The van der Waals surface area contributed by atoms with Gasteiger partial charge < -0.3 is 4.90 Å². The fourth-order valence-corrected chi connectivity index (χ4v) is 14.9. The Morgan fingerprint density at radius 2 is 0.940 bits per heavy atom. The van der Waals surface area contributed by atoms with Gasteiger partial charge in [0.05, 0.1) is 11.1 Å². The molecule has 1 nitrogen and oxygen atoms in total. The van der Waals surface area contributed by atoms with E-state index in [0.29, 0.717) is 5.41 Å². The number of fused-ring (bicyclic) bond motifs is 4. The van der Waals surface area contributed by atoms with Gasteiger partial charge in [0.2, 0.25) is 0 Å². The van der Waals surface area contributed by atoms with Crippen molar-refractivity contribution in [3.63, 3.8) is 0 Å². The van der Waals surface area contributed by atoms with Crippen molar-refractivity contribution in [3.05, 3.63) is 233 Å². The molecule has 14 rings (SSSR count). The average Bonchev–Trinajstić information content (AvgIpc) is 3.91. The van der Waals surface area contributed by atoms with Gasteiger partial charge in [-0.25, -0.2) is 0 Å². The van der Waals surface area contributed by atoms with Gasteiger partial charge in [0.25, 0.3) is 0 Å². The zero-order valence-corrected chi connectivity index (χ0v) is 39.6. The van der Waals surface area contributed by atoms with E-state index in [1.54, 1.807) is 5.56 Å². The fourth-order valence-electron chi connectivity index (χ4n) is 14.9. The highest BCUT2D eigenvalue weighted by Gasteiger charge is 2.58. The van der Waals surface area contributed by atoms with Gasteiger partial charge in [0, 0.05) is 16.9 Å². The minimum Gasteiger partial charge on any atom is -0.310 e. The predicted octanol–water partition coefficient (Wildman–Crippen LogP) is 17.3. The zero-order chi connectivity index (χ0) is 45.1. The molecule has 4 fully saturated rings. The lowest BCUT2D eigenvalue weighted by molar-refractivity contribution is 0.266. The molecule has 0 aromatic heterocycles. The summed E-state index contributed by atoms with van der Waals surface area (Å²) in [7, 11) is 0. The maximum absolute atomic E-state index is 2.63. The van der Waals surface area contributed by atoms with Crippen LogP contribution in [0.5, 0.6) is 0 Å². The maximum atomic E-state index is 2.63. The summed E-state index contributed by atoms with van der Waals surface area (Å²) >= 11 is 0. The first kappa shape index (κ1) is 40.8. The Balaban J connectivity index is 1.11. The lowest BCUT2D eigenvalue weighted by atomic mass is 9.61. The number of hydrogen-bond donors (Lipinski definition) is 0. The first-order chi connectivity index (χ1) is 32.6. The van der Waals surface area contributed by atoms with Crippen molar-refractivity contribution in [2.45, 2.75) is 94.3 Å². The van der Waals surface area contributed by atoms with Gasteiger partial charge >= 0.3 is 0 Å². The van der Waals surface area contributed by atoms with Crippen LogP contribution in [0.4, 0.5) is 17.1 Å². The Labute approximate surface area is 398 Å². The van der Waals surface area contributed by atoms with Crippen LogP contribution in [0.15, 0.2) is 194 Å². The van der Waals surface area contributed by atoms with Crippen molar-refractivity contribution in [1.82, 2.24) is 0 Å². The van der Waals surface area contributed by atoms with Crippen LogP contribution in [-0.2, 0) is 21.7 Å². The molecule has 6 aliphatic rings. The van der Waals surface area contributed by atoms with E-state index in [0.717, 1.165) is 29.9 Å². The van der Waals surface area contributed by atoms with Crippen molar-refractivity contribution in [2.75, 3.05) is 4.90 Å². The summed E-state index contributed by atoms with van der Waals surface area (Å²) in [6, 6.07) is 74.6. The summed E-state index contributed by atoms with van der Waals surface area (Å²) in [6.45, 7) is 9.90. The van der Waals surface area contributed by atoms with Gasteiger partial charge in [-0.05, 0) is 182 Å². The molecule has 0 saturated heterocycles. The second kappa shape index (κ2) is 15.0. The van der Waals surface area contributed by atoms with Crippen LogP contribution in [0.1, 0.15) is 112 Å². The minimum atomic E-state index is -0.536. The molecule has 2 atom stereocenters. The van der Waals surface area contributed by atoms with Gasteiger partial charge in [-0.3, -0.25) is 0 Å². The van der Waals surface area contributed by atoms with E-state index in [1.807, 2.05) is 0 Å². The van der Waals surface area contributed by atoms with Crippen molar-refractivity contribution in [2.24, 2.45) is 17.8 Å². The summed E-state index contributed by atoms with van der Waals surface area (Å²) in [4.78, 5) is 2.62. The first-order valence-electron chi connectivity index (χ1n) is 25.2. The van der Waals surface area contributed by atoms with E-state index in [9.17, 15) is 0 Å². The summed E-state index contributed by atoms with van der Waals surface area (Å²) in [6.07, 6.45) is 9.39. The molecule has 67 heavy (non-hydrogen) atoms. The van der Waals surface area contributed by atoms with Gasteiger partial charge in [-0.15, -0.1) is 0 Å². The van der Waals surface area contributed by atoms with Gasteiger partial charge in [-0.1, -0.05) is 185 Å². The molecule has 0 radical (unpaired) electrons. The highest BCUT2D eigenvalue weighted by Crippen LogP contribution is 2.66. The number of hydrogen-bond acceptors (Lipinski definition) is 1. The number of benzene rings is 8. The molecular formula is C66H61N. The fraction of sp³-hybridized carbons (Fsp3) is 0.273. The molecule has 0 heterocycles. The van der Waals surface area contributed by atoms with Crippen molar-refractivity contribution < 1.29 is 0 Å². The van der Waals surface area contributed by atoms with Gasteiger partial charge in [0.15, 0.2) is 0 Å². The highest BCUT2D eigenvalue weighted by atomic mass is 15.1. The molecule has 4 bridgehead atoms. The van der Waals surface area contributed by atoms with Crippen molar-refractivity contribution in [1.29, 1.82) is 0 Å². The Bertz CT molecular complexity index is 3100. The first-order valence-corrected chi connectivity index (χ1v) is 25.2. The van der Waals surface area contributed by atoms with Crippen LogP contribution in [0.3, 0.4) is 0 Å². The van der Waals surface area contributed by atoms with Crippen molar-refractivity contribution in [3.8, 4) is 33.4 Å². The maximum Gasteiger partial charge on any atom is 0.0714 e. The van der Waals surface area contributed by atoms with E-state index < -0.39 is 5.41 Å². The van der Waals surface area contributed by atoms with E-state index in [4.69, 9.17) is 0 Å². The smallest absolute Gasteiger partial charge is 0.0714 e. The molecule has 0 spiro atoms. The Morgan fingerprint density at radius 1 is 0.403 bits per heavy atom. The lowest BCUT2D eigenvalue weighted by Gasteiger charge is -2.43. The standard InChI is InChI=1S/C66H61N/c1-63(2)35-36-64(3,4)62-55(24-16-26-59(62)63)57-40-56-54-23-14-15-25-58(54)66(49-19-10-6-11-20-49,50-21-12-7-13-22-50)60(56)41-61(57)67(52-31-27-47(28-32-52)46-17-8-5-9-18-46)53-33-29-48(30-34-53)65-42-44-37-45(43-65)39-51(65)38-44/h5-34,40-41,44-45,51H,35-39,42-43H2,1-4H3. The second-order valence-electron chi connectivity index (χ2n) is 22.4. The topological polar surface area (TPSA) is 3.24 Å². The van der Waals surface area contributed by atoms with Crippen LogP contribution in [0.2, 0.25) is 0 Å². The van der Waals surface area contributed by atoms with E-state index in [1.165, 1.54) is 117 Å². The number of nitrogens with zero attached hydrogens (tertiary/aromatic N) is 1. The van der Waals surface area contributed by atoms with E-state index >= 15 is 0 Å². The molecule has 330 valence electrons. The number of anilines is 3. The van der Waals surface area contributed by atoms with Crippen LogP contribution in [-0.4, -0.2) is 0 Å². The molecular weight excluding hydrogens is 807 g/mol. The zero-order valence-electron chi connectivity index (χ0n) is 39.6. The third-order valence-electron chi connectivity index (χ3n) is 17.9. The van der Waals surface area contributed by atoms with E-state index in [-0.39, 0.29) is 10.8 Å². The summed E-state index contributed by atoms with van der Waals surface area (Å²) in [5.41, 5.74) is 21.0. The van der Waals surface area contributed by atoms with Crippen molar-refractivity contribution >= 4 is 17.1 Å². The molecule has 1 heteroatoms. The molecule has 0 amide bonds. The Kier molecular flexibility index (Phi) is 9.16. The summed E-state index contributed by atoms with van der Waals surface area (Å²) in [5.74, 6) is 2.67. The summed E-state index contributed by atoms with van der Waals surface area (Å²) < 4.78 is 0. The SMILES string of the molecule is CC1(C)CCC(C)(C)c2c(-c3cc4c(cc3N(c3ccc(-c5ccccc5)cc3)c3ccc(C56CC7CC(CC5C7)C6)cc3)C(c3ccccc3)(c3ccccc3)c3ccccc3-4)cccc21. The van der Waals surface area contributed by atoms with E-state index in [2.05, 4.69) is 227 Å². The van der Waals surface area contributed by atoms with Crippen LogP contribution in [0.25, 0.3) is 33.4 Å². The molecule has 2 unspecified atom stereocenters. The highest BCUT2D eigenvalue weighted by molar-refractivity contribution is 5.97. The van der Waals surface area contributed by atoms with Crippen LogP contribution < -0.4 is 4.90 Å². The summed E-state index contributed by atoms with van der Waals surface area (Å²) in [5, 5.41) is 0. The molecule has 6 aliphatic carbocycles. The molecule has 8 aromatic rings. The number of rotatable bonds is 8. The lowest BCUT2D eigenvalue weighted by Crippen LogP contribution is -2.34. The molecule has 0 aliphatic heterocycles. The third-order valence-corrected chi connectivity index (χ3v) is 17.9. The predicted molar refractivity (Wildman–Crippen MR) is 280 cm³/mol. The molecule has 0 N–H and O–H groups in total. The Hall–Kier alpha value is -6.44. The van der Waals surface area contributed by atoms with Gasteiger partial charge in [-0.2, -0.15) is 0 Å². The monoisotopic (exact) mass is 867 g/mol. The molecule has 4 saturated carbocycles. The van der Waals surface area contributed by atoms with Gasteiger partial charge in [0.1, 0.15) is 0 Å². The third kappa shape index (κ3) is 6.12.